The highest BCUT2D eigenvalue weighted by molar-refractivity contribution is 4.85. The van der Waals surface area contributed by atoms with Crippen molar-refractivity contribution in [1.29, 1.82) is 0 Å². The quantitative estimate of drug-likeness (QED) is 0.578. The number of rotatable bonds is 2. The summed E-state index contributed by atoms with van der Waals surface area (Å²) < 4.78 is 0. The van der Waals surface area contributed by atoms with Crippen molar-refractivity contribution in [3.63, 3.8) is 0 Å². The third kappa shape index (κ3) is 1.73. The summed E-state index contributed by atoms with van der Waals surface area (Å²) in [6.45, 7) is 3.48. The smallest absolute Gasteiger partial charge is 0.0571 e. The van der Waals surface area contributed by atoms with Crippen molar-refractivity contribution in [1.82, 2.24) is 0 Å². The first kappa shape index (κ1) is 7.59. The van der Waals surface area contributed by atoms with Gasteiger partial charge in [0.2, 0.25) is 0 Å². The lowest BCUT2D eigenvalue weighted by atomic mass is 10.0. The van der Waals surface area contributed by atoms with Crippen LogP contribution in [0.3, 0.4) is 0 Å². The second-order valence-corrected chi connectivity index (χ2v) is 2.90. The van der Waals surface area contributed by atoms with Crippen LogP contribution in [-0.2, 0) is 0 Å². The molecule has 0 amide bonds. The number of hydrogen-bond acceptors (Lipinski definition) is 1. The minimum absolute atomic E-state index is 0.0652. The van der Waals surface area contributed by atoms with Crippen LogP contribution in [-0.4, -0.2) is 11.2 Å². The van der Waals surface area contributed by atoms with Gasteiger partial charge in [0, 0.05) is 0 Å². The van der Waals surface area contributed by atoms with Crippen LogP contribution in [0, 0.1) is 5.92 Å². The second-order valence-electron chi connectivity index (χ2n) is 2.90. The van der Waals surface area contributed by atoms with Crippen molar-refractivity contribution in [2.24, 2.45) is 5.92 Å². The third-order valence-electron chi connectivity index (χ3n) is 2.18. The summed E-state index contributed by atoms with van der Waals surface area (Å²) in [6.07, 6.45) is 6.12. The number of aliphatic hydroxyl groups excluding tert-OH is 1. The molecular weight excluding hydrogens is 124 g/mol. The van der Waals surface area contributed by atoms with Crippen molar-refractivity contribution in [2.45, 2.75) is 31.8 Å². The van der Waals surface area contributed by atoms with Crippen LogP contribution >= 0.6 is 0 Å². The Labute approximate surface area is 62.1 Å². The average Bonchev–Trinajstić information content (AvgIpc) is 2.31. The summed E-state index contributed by atoms with van der Waals surface area (Å²) in [4.78, 5) is 0. The molecule has 1 nitrogen and oxygen atoms in total. The Bertz CT molecular complexity index is 145. The van der Waals surface area contributed by atoms with Crippen molar-refractivity contribution >= 4 is 0 Å². The predicted octanol–water partition coefficient (Wildman–Crippen LogP) is 1.88. The Morgan fingerprint density at radius 3 is 2.90 bits per heavy atom. The molecule has 0 aliphatic heterocycles. The topological polar surface area (TPSA) is 20.2 Å². The van der Waals surface area contributed by atoms with E-state index >= 15 is 0 Å². The molecule has 0 radical (unpaired) electrons. The molecule has 1 aliphatic carbocycles. The summed E-state index contributed by atoms with van der Waals surface area (Å²) in [7, 11) is 0. The first-order chi connectivity index (χ1) is 4.84. The van der Waals surface area contributed by atoms with Gasteiger partial charge in [-0.25, -0.2) is 0 Å². The van der Waals surface area contributed by atoms with Crippen LogP contribution in [0.2, 0.25) is 0 Å². The van der Waals surface area contributed by atoms with Crippen LogP contribution in [0.1, 0.15) is 25.7 Å². The molecule has 0 aromatic carbocycles. The van der Waals surface area contributed by atoms with Crippen LogP contribution in [0.5, 0.6) is 0 Å². The Kier molecular flexibility index (Phi) is 2.73. The molecular formula is C9H14O. The van der Waals surface area contributed by atoms with Crippen LogP contribution in [0.25, 0.3) is 0 Å². The van der Waals surface area contributed by atoms with Crippen LogP contribution in [0.15, 0.2) is 18.4 Å². The third-order valence-corrected chi connectivity index (χ3v) is 2.18. The van der Waals surface area contributed by atoms with E-state index < -0.39 is 0 Å². The van der Waals surface area contributed by atoms with E-state index in [1.54, 1.807) is 0 Å². The fourth-order valence-corrected chi connectivity index (χ4v) is 1.53. The number of allylic oxidation sites excluding steroid dienone is 1. The molecule has 1 N–H and O–H groups in total. The van der Waals surface area contributed by atoms with E-state index in [1.165, 1.54) is 12.8 Å². The SMILES string of the molecule is C=C=CC[C@H]1CCC[C@H]1O. The molecule has 1 aliphatic rings. The van der Waals surface area contributed by atoms with E-state index in [4.69, 9.17) is 0 Å². The molecule has 0 bridgehead atoms. The van der Waals surface area contributed by atoms with Gasteiger partial charge in [-0.2, -0.15) is 0 Å². The van der Waals surface area contributed by atoms with Gasteiger partial charge >= 0.3 is 0 Å². The summed E-state index contributed by atoms with van der Waals surface area (Å²) in [6, 6.07) is 0. The van der Waals surface area contributed by atoms with Crippen molar-refractivity contribution in [3.8, 4) is 0 Å². The Hall–Kier alpha value is -0.520. The summed E-state index contributed by atoms with van der Waals surface area (Å²) in [5.74, 6) is 0.481. The molecule has 0 aromatic heterocycles. The Morgan fingerprint density at radius 1 is 1.60 bits per heavy atom. The van der Waals surface area contributed by atoms with E-state index in [1.807, 2.05) is 6.08 Å². The fraction of sp³-hybridized carbons (Fsp3) is 0.667. The molecule has 0 aromatic rings. The zero-order valence-corrected chi connectivity index (χ0v) is 6.21. The van der Waals surface area contributed by atoms with Crippen LogP contribution in [0.4, 0.5) is 0 Å². The van der Waals surface area contributed by atoms with E-state index in [9.17, 15) is 5.11 Å². The summed E-state index contributed by atoms with van der Waals surface area (Å²) >= 11 is 0. The van der Waals surface area contributed by atoms with Crippen molar-refractivity contribution < 1.29 is 5.11 Å². The summed E-state index contributed by atoms with van der Waals surface area (Å²) in [5.41, 5.74) is 2.73. The molecule has 10 heavy (non-hydrogen) atoms. The van der Waals surface area contributed by atoms with Gasteiger partial charge in [-0.1, -0.05) is 13.0 Å². The first-order valence-electron chi connectivity index (χ1n) is 3.87. The normalized spacial score (nSPS) is 31.7. The first-order valence-corrected chi connectivity index (χ1v) is 3.87. The van der Waals surface area contributed by atoms with Gasteiger partial charge in [-0.05, 0) is 31.3 Å². The Balaban J connectivity index is 2.32. The van der Waals surface area contributed by atoms with Gasteiger partial charge < -0.3 is 5.11 Å². The standard InChI is InChI=1S/C9H14O/c1-2-3-5-8-6-4-7-9(8)10/h3,8-10H,1,4-7H2/t8-,9+/m0/s1. The van der Waals surface area contributed by atoms with Gasteiger partial charge in [0.25, 0.3) is 0 Å². The molecule has 0 spiro atoms. The lowest BCUT2D eigenvalue weighted by Gasteiger charge is -2.09. The number of hydrogen-bond donors (Lipinski definition) is 1. The molecule has 0 heterocycles. The lowest BCUT2D eigenvalue weighted by Crippen LogP contribution is -2.11. The van der Waals surface area contributed by atoms with Gasteiger partial charge in [-0.3, -0.25) is 0 Å². The maximum absolute atomic E-state index is 9.35. The minimum atomic E-state index is -0.0652. The zero-order chi connectivity index (χ0) is 7.40. The molecule has 1 saturated carbocycles. The molecule has 1 heteroatoms. The average molecular weight is 138 g/mol. The predicted molar refractivity (Wildman–Crippen MR) is 41.7 cm³/mol. The van der Waals surface area contributed by atoms with Gasteiger partial charge in [0.05, 0.1) is 6.10 Å². The highest BCUT2D eigenvalue weighted by Crippen LogP contribution is 2.28. The minimum Gasteiger partial charge on any atom is -0.393 e. The molecule has 1 rings (SSSR count). The van der Waals surface area contributed by atoms with Crippen molar-refractivity contribution in [2.75, 3.05) is 0 Å². The van der Waals surface area contributed by atoms with Gasteiger partial charge in [0.15, 0.2) is 0 Å². The molecule has 2 atom stereocenters. The molecule has 1 fully saturated rings. The highest BCUT2D eigenvalue weighted by atomic mass is 16.3. The maximum atomic E-state index is 9.35. The lowest BCUT2D eigenvalue weighted by molar-refractivity contribution is 0.134. The van der Waals surface area contributed by atoms with E-state index in [0.29, 0.717) is 5.92 Å². The van der Waals surface area contributed by atoms with Crippen LogP contribution < -0.4 is 0 Å². The van der Waals surface area contributed by atoms with E-state index in [0.717, 1.165) is 12.8 Å². The van der Waals surface area contributed by atoms with E-state index in [-0.39, 0.29) is 6.10 Å². The number of aliphatic hydroxyl groups is 1. The largest absolute Gasteiger partial charge is 0.393 e. The second kappa shape index (κ2) is 3.60. The molecule has 0 unspecified atom stereocenters. The monoisotopic (exact) mass is 138 g/mol. The highest BCUT2D eigenvalue weighted by Gasteiger charge is 2.23. The van der Waals surface area contributed by atoms with E-state index in [2.05, 4.69) is 12.3 Å². The molecule has 0 saturated heterocycles. The van der Waals surface area contributed by atoms with Gasteiger partial charge in [0.1, 0.15) is 0 Å². The van der Waals surface area contributed by atoms with Gasteiger partial charge in [-0.15, -0.1) is 5.73 Å². The fourth-order valence-electron chi connectivity index (χ4n) is 1.53. The zero-order valence-electron chi connectivity index (χ0n) is 6.21. The molecule has 56 valence electrons. The van der Waals surface area contributed by atoms with Crippen molar-refractivity contribution in [3.05, 3.63) is 18.4 Å². The summed E-state index contributed by atoms with van der Waals surface area (Å²) in [5, 5.41) is 9.35. The Morgan fingerprint density at radius 2 is 2.40 bits per heavy atom. The maximum Gasteiger partial charge on any atom is 0.0571 e.